The molecule has 0 radical (unpaired) electrons. The van der Waals surface area contributed by atoms with Gasteiger partial charge < -0.3 is 10.1 Å². The molecule has 0 aliphatic carbocycles. The van der Waals surface area contributed by atoms with Gasteiger partial charge in [-0.25, -0.2) is 0 Å². The summed E-state index contributed by atoms with van der Waals surface area (Å²) in [5.74, 6) is 0.305. The Balaban J connectivity index is 2.82. The van der Waals surface area contributed by atoms with Crippen LogP contribution in [0.4, 0.5) is 0 Å². The molecule has 2 aromatic rings. The lowest BCUT2D eigenvalue weighted by Crippen LogP contribution is -1.67. The molecule has 0 fully saturated rings. The van der Waals surface area contributed by atoms with E-state index in [1.807, 2.05) is 13.0 Å². The Hall–Kier alpha value is -1.44. The Bertz CT molecular complexity index is 389. The fraction of sp³-hybridized carbons (Fsp3) is 0.111. The molecule has 0 unspecified atom stereocenters. The van der Waals surface area contributed by atoms with Gasteiger partial charge in [0.15, 0.2) is 0 Å². The molecule has 0 aliphatic rings. The zero-order chi connectivity index (χ0) is 7.84. The van der Waals surface area contributed by atoms with Crippen molar-refractivity contribution >= 4 is 10.9 Å². The van der Waals surface area contributed by atoms with Gasteiger partial charge in [0.25, 0.3) is 0 Å². The number of nitrogens with one attached hydrogen (secondary N) is 1. The van der Waals surface area contributed by atoms with Gasteiger partial charge in [-0.05, 0) is 30.5 Å². The van der Waals surface area contributed by atoms with E-state index in [1.165, 1.54) is 0 Å². The van der Waals surface area contributed by atoms with Crippen molar-refractivity contribution in [3.8, 4) is 5.75 Å². The topological polar surface area (TPSA) is 36.0 Å². The second-order valence-corrected chi connectivity index (χ2v) is 2.72. The molecule has 1 aromatic carbocycles. The Morgan fingerprint density at radius 1 is 1.27 bits per heavy atom. The van der Waals surface area contributed by atoms with Gasteiger partial charge in [-0.2, -0.15) is 0 Å². The van der Waals surface area contributed by atoms with Gasteiger partial charge in [-0.1, -0.05) is 0 Å². The lowest BCUT2D eigenvalue weighted by molar-refractivity contribution is 0.476. The molecule has 1 aromatic heterocycles. The number of aryl methyl sites for hydroxylation is 1. The maximum Gasteiger partial charge on any atom is 0.117 e. The number of rotatable bonds is 0. The van der Waals surface area contributed by atoms with E-state index in [4.69, 9.17) is 5.11 Å². The van der Waals surface area contributed by atoms with Crippen molar-refractivity contribution in [3.05, 3.63) is 30.0 Å². The first-order valence-corrected chi connectivity index (χ1v) is 3.54. The SMILES string of the molecule is Cc1cc2ccc(O)cc2[nH]1. The molecule has 0 atom stereocenters. The standard InChI is InChI=1S/C9H9NO/c1-6-4-7-2-3-8(11)5-9(7)10-6/h2-5,10-11H,1H3. The van der Waals surface area contributed by atoms with E-state index in [0.29, 0.717) is 5.75 Å². The van der Waals surface area contributed by atoms with Gasteiger partial charge >= 0.3 is 0 Å². The van der Waals surface area contributed by atoms with E-state index in [1.54, 1.807) is 12.1 Å². The highest BCUT2D eigenvalue weighted by molar-refractivity contribution is 5.81. The first-order chi connectivity index (χ1) is 5.25. The third-order valence-electron chi connectivity index (χ3n) is 1.74. The smallest absolute Gasteiger partial charge is 0.117 e. The molecule has 2 nitrogen and oxygen atoms in total. The van der Waals surface area contributed by atoms with Crippen LogP contribution in [0.25, 0.3) is 10.9 Å². The molecular weight excluding hydrogens is 138 g/mol. The Kier molecular flexibility index (Phi) is 1.15. The van der Waals surface area contributed by atoms with Gasteiger partial charge in [0.1, 0.15) is 5.75 Å². The summed E-state index contributed by atoms with van der Waals surface area (Å²) in [5.41, 5.74) is 2.10. The average molecular weight is 147 g/mol. The fourth-order valence-corrected chi connectivity index (χ4v) is 1.26. The predicted octanol–water partition coefficient (Wildman–Crippen LogP) is 2.18. The maximum atomic E-state index is 9.12. The lowest BCUT2D eigenvalue weighted by Gasteiger charge is -1.89. The van der Waals surface area contributed by atoms with Gasteiger partial charge in [0.05, 0.1) is 0 Å². The summed E-state index contributed by atoms with van der Waals surface area (Å²) in [6.07, 6.45) is 0. The first-order valence-electron chi connectivity index (χ1n) is 3.54. The van der Waals surface area contributed by atoms with Crippen LogP contribution in [0.3, 0.4) is 0 Å². The van der Waals surface area contributed by atoms with E-state index in [9.17, 15) is 0 Å². The molecule has 2 heteroatoms. The normalized spacial score (nSPS) is 10.6. The van der Waals surface area contributed by atoms with Crippen molar-refractivity contribution in [2.24, 2.45) is 0 Å². The van der Waals surface area contributed by atoms with Gasteiger partial charge in [-0.15, -0.1) is 0 Å². The lowest BCUT2D eigenvalue weighted by atomic mass is 10.2. The number of hydrogen-bond acceptors (Lipinski definition) is 1. The van der Waals surface area contributed by atoms with E-state index in [-0.39, 0.29) is 0 Å². The average Bonchev–Trinajstić information content (AvgIpc) is 2.27. The monoisotopic (exact) mass is 147 g/mol. The number of H-pyrrole nitrogens is 1. The van der Waals surface area contributed by atoms with Crippen LogP contribution in [0.5, 0.6) is 5.75 Å². The van der Waals surface area contributed by atoms with E-state index >= 15 is 0 Å². The number of phenols is 1. The molecule has 0 saturated carbocycles. The molecule has 0 bridgehead atoms. The van der Waals surface area contributed by atoms with E-state index < -0.39 is 0 Å². The third kappa shape index (κ3) is 0.963. The number of fused-ring (bicyclic) bond motifs is 1. The van der Waals surface area contributed by atoms with Crippen molar-refractivity contribution in [1.29, 1.82) is 0 Å². The zero-order valence-electron chi connectivity index (χ0n) is 6.26. The van der Waals surface area contributed by atoms with Crippen molar-refractivity contribution < 1.29 is 5.11 Å². The van der Waals surface area contributed by atoms with Crippen LogP contribution in [0.15, 0.2) is 24.3 Å². The van der Waals surface area contributed by atoms with E-state index in [2.05, 4.69) is 11.1 Å². The second kappa shape index (κ2) is 2.02. The summed E-state index contributed by atoms with van der Waals surface area (Å²) in [6.45, 7) is 2.00. The molecule has 0 amide bonds. The van der Waals surface area contributed by atoms with Crippen LogP contribution in [0.1, 0.15) is 5.69 Å². The molecule has 2 N–H and O–H groups in total. The highest BCUT2D eigenvalue weighted by atomic mass is 16.3. The Labute approximate surface area is 64.5 Å². The largest absolute Gasteiger partial charge is 0.508 e. The third-order valence-corrected chi connectivity index (χ3v) is 1.74. The summed E-state index contributed by atoms with van der Waals surface area (Å²) in [5, 5.41) is 10.3. The van der Waals surface area contributed by atoms with Crippen LogP contribution >= 0.6 is 0 Å². The second-order valence-electron chi connectivity index (χ2n) is 2.72. The minimum Gasteiger partial charge on any atom is -0.508 e. The van der Waals surface area contributed by atoms with Crippen molar-refractivity contribution in [3.63, 3.8) is 0 Å². The number of phenolic OH excluding ortho intramolecular Hbond substituents is 1. The van der Waals surface area contributed by atoms with Gasteiger partial charge in [0.2, 0.25) is 0 Å². The molecule has 1 heterocycles. The first kappa shape index (κ1) is 6.28. The predicted molar refractivity (Wildman–Crippen MR) is 44.7 cm³/mol. The Morgan fingerprint density at radius 2 is 2.09 bits per heavy atom. The highest BCUT2D eigenvalue weighted by Crippen LogP contribution is 2.19. The molecule has 0 spiro atoms. The Morgan fingerprint density at radius 3 is 2.91 bits per heavy atom. The number of hydrogen-bond donors (Lipinski definition) is 2. The quantitative estimate of drug-likeness (QED) is 0.588. The minimum absolute atomic E-state index is 0.305. The van der Waals surface area contributed by atoms with Crippen LogP contribution in [0, 0.1) is 6.92 Å². The summed E-state index contributed by atoms with van der Waals surface area (Å²) < 4.78 is 0. The fourth-order valence-electron chi connectivity index (χ4n) is 1.26. The van der Waals surface area contributed by atoms with Crippen LogP contribution in [-0.2, 0) is 0 Å². The highest BCUT2D eigenvalue weighted by Gasteiger charge is 1.96. The number of aromatic hydroxyl groups is 1. The molecular formula is C9H9NO. The van der Waals surface area contributed by atoms with Crippen LogP contribution in [0.2, 0.25) is 0 Å². The maximum absolute atomic E-state index is 9.12. The molecule has 2 rings (SSSR count). The summed E-state index contributed by atoms with van der Waals surface area (Å²) in [4.78, 5) is 3.14. The van der Waals surface area contributed by atoms with Gasteiger partial charge in [0, 0.05) is 17.3 Å². The summed E-state index contributed by atoms with van der Waals surface area (Å²) >= 11 is 0. The number of benzene rings is 1. The molecule has 0 saturated heterocycles. The van der Waals surface area contributed by atoms with Crippen LogP contribution < -0.4 is 0 Å². The minimum atomic E-state index is 0.305. The molecule has 56 valence electrons. The number of aromatic amines is 1. The zero-order valence-corrected chi connectivity index (χ0v) is 6.26. The summed E-state index contributed by atoms with van der Waals surface area (Å²) in [6, 6.07) is 7.36. The molecule has 0 aliphatic heterocycles. The number of aromatic nitrogens is 1. The molecule has 11 heavy (non-hydrogen) atoms. The van der Waals surface area contributed by atoms with Gasteiger partial charge in [-0.3, -0.25) is 0 Å². The van der Waals surface area contributed by atoms with Crippen molar-refractivity contribution in [1.82, 2.24) is 4.98 Å². The van der Waals surface area contributed by atoms with Crippen LogP contribution in [-0.4, -0.2) is 10.1 Å². The van der Waals surface area contributed by atoms with E-state index in [0.717, 1.165) is 16.6 Å². The van der Waals surface area contributed by atoms with Crippen molar-refractivity contribution in [2.45, 2.75) is 6.92 Å². The summed E-state index contributed by atoms with van der Waals surface area (Å²) in [7, 11) is 0. The van der Waals surface area contributed by atoms with Crippen molar-refractivity contribution in [2.75, 3.05) is 0 Å².